The van der Waals surface area contributed by atoms with Crippen molar-refractivity contribution < 1.29 is 14.4 Å². The molecule has 1 N–H and O–H groups in total. The summed E-state index contributed by atoms with van der Waals surface area (Å²) >= 11 is 0. The molecule has 6 heteroatoms. The van der Waals surface area contributed by atoms with Crippen molar-refractivity contribution >= 4 is 17.8 Å². The minimum atomic E-state index is -0.546. The number of urea groups is 1. The lowest BCUT2D eigenvalue weighted by atomic mass is 10.0. The van der Waals surface area contributed by atoms with Crippen LogP contribution >= 0.6 is 0 Å². The standard InChI is InChI=1S/C22H23N3O3/c26-20(17-10-5-2-6-11-17)24-13-7-12-18(15-24)25-21(27)19(23-22(25)28)14-16-8-3-1-4-9-16/h1-6,8-11,18-19H,7,12-15H2,(H,23,28). The molecule has 4 rings (SSSR count). The molecule has 4 amide bonds. The van der Waals surface area contributed by atoms with Crippen molar-refractivity contribution in [2.45, 2.75) is 31.3 Å². The second-order valence-electron chi connectivity index (χ2n) is 7.31. The Morgan fingerprint density at radius 1 is 1.00 bits per heavy atom. The van der Waals surface area contributed by atoms with E-state index in [-0.39, 0.29) is 23.9 Å². The molecular formula is C22H23N3O3. The molecule has 2 aliphatic rings. The first kappa shape index (κ1) is 18.2. The molecular weight excluding hydrogens is 354 g/mol. The topological polar surface area (TPSA) is 69.7 Å². The van der Waals surface area contributed by atoms with Gasteiger partial charge in [0, 0.05) is 25.1 Å². The molecule has 28 heavy (non-hydrogen) atoms. The fourth-order valence-electron chi connectivity index (χ4n) is 4.00. The Morgan fingerprint density at radius 2 is 1.68 bits per heavy atom. The molecule has 0 bridgehead atoms. The number of amides is 4. The summed E-state index contributed by atoms with van der Waals surface area (Å²) in [6, 6.07) is 17.6. The number of nitrogens with zero attached hydrogens (tertiary/aromatic N) is 2. The van der Waals surface area contributed by atoms with Gasteiger partial charge < -0.3 is 10.2 Å². The smallest absolute Gasteiger partial charge is 0.325 e. The molecule has 2 heterocycles. The highest BCUT2D eigenvalue weighted by Gasteiger charge is 2.43. The van der Waals surface area contributed by atoms with Crippen LogP contribution < -0.4 is 5.32 Å². The number of benzene rings is 2. The Hall–Kier alpha value is -3.15. The largest absolute Gasteiger partial charge is 0.337 e. The maximum atomic E-state index is 12.9. The normalized spacial score (nSPS) is 22.3. The van der Waals surface area contributed by atoms with E-state index in [4.69, 9.17) is 0 Å². The summed E-state index contributed by atoms with van der Waals surface area (Å²) in [5, 5.41) is 2.81. The van der Waals surface area contributed by atoms with Crippen molar-refractivity contribution in [3.8, 4) is 0 Å². The molecule has 0 aromatic heterocycles. The van der Waals surface area contributed by atoms with Crippen molar-refractivity contribution in [1.82, 2.24) is 15.1 Å². The number of rotatable bonds is 4. The van der Waals surface area contributed by atoms with Crippen molar-refractivity contribution in [3.05, 3.63) is 71.8 Å². The second-order valence-corrected chi connectivity index (χ2v) is 7.31. The van der Waals surface area contributed by atoms with Crippen molar-refractivity contribution in [1.29, 1.82) is 0 Å². The summed E-state index contributed by atoms with van der Waals surface area (Å²) < 4.78 is 0. The van der Waals surface area contributed by atoms with Crippen LogP contribution in [-0.4, -0.2) is 52.8 Å². The third-order valence-electron chi connectivity index (χ3n) is 5.40. The maximum absolute atomic E-state index is 12.9. The zero-order valence-electron chi connectivity index (χ0n) is 15.6. The quantitative estimate of drug-likeness (QED) is 0.832. The van der Waals surface area contributed by atoms with E-state index in [0.29, 0.717) is 25.1 Å². The predicted octanol–water partition coefficient (Wildman–Crippen LogP) is 2.45. The Labute approximate surface area is 164 Å². The van der Waals surface area contributed by atoms with Crippen LogP contribution in [0.1, 0.15) is 28.8 Å². The van der Waals surface area contributed by atoms with Gasteiger partial charge in [0.25, 0.3) is 11.8 Å². The Bertz CT molecular complexity index is 869. The van der Waals surface area contributed by atoms with Crippen LogP contribution in [0.25, 0.3) is 0 Å². The SMILES string of the molecule is O=C(c1ccccc1)N1CCCC(N2C(=O)NC(Cc3ccccc3)C2=O)C1. The zero-order chi connectivity index (χ0) is 19.5. The third kappa shape index (κ3) is 3.63. The Morgan fingerprint density at radius 3 is 2.39 bits per heavy atom. The van der Waals surface area contributed by atoms with Gasteiger partial charge in [-0.3, -0.25) is 14.5 Å². The second kappa shape index (κ2) is 7.84. The van der Waals surface area contributed by atoms with Gasteiger partial charge in [0.2, 0.25) is 0 Å². The number of carbonyl (C=O) groups excluding carboxylic acids is 3. The lowest BCUT2D eigenvalue weighted by molar-refractivity contribution is -0.129. The molecule has 0 spiro atoms. The van der Waals surface area contributed by atoms with E-state index in [9.17, 15) is 14.4 Å². The lowest BCUT2D eigenvalue weighted by Gasteiger charge is -2.36. The summed E-state index contributed by atoms with van der Waals surface area (Å²) in [6.07, 6.45) is 1.96. The summed E-state index contributed by atoms with van der Waals surface area (Å²) in [5.41, 5.74) is 1.63. The summed E-state index contributed by atoms with van der Waals surface area (Å²) in [4.78, 5) is 41.3. The molecule has 0 radical (unpaired) electrons. The molecule has 2 aliphatic heterocycles. The molecule has 144 valence electrons. The van der Waals surface area contributed by atoms with Gasteiger partial charge in [-0.1, -0.05) is 48.5 Å². The predicted molar refractivity (Wildman–Crippen MR) is 105 cm³/mol. The van der Waals surface area contributed by atoms with E-state index < -0.39 is 6.04 Å². The number of hydrogen-bond donors (Lipinski definition) is 1. The number of nitrogens with one attached hydrogen (secondary N) is 1. The zero-order valence-corrected chi connectivity index (χ0v) is 15.6. The fraction of sp³-hybridized carbons (Fsp3) is 0.318. The Kier molecular flexibility index (Phi) is 5.10. The van der Waals surface area contributed by atoms with E-state index in [0.717, 1.165) is 18.4 Å². The van der Waals surface area contributed by atoms with E-state index in [1.807, 2.05) is 48.5 Å². The lowest BCUT2D eigenvalue weighted by Crippen LogP contribution is -2.52. The van der Waals surface area contributed by atoms with E-state index in [1.54, 1.807) is 17.0 Å². The molecule has 0 aliphatic carbocycles. The average Bonchev–Trinajstić information content (AvgIpc) is 3.02. The van der Waals surface area contributed by atoms with Crippen LogP contribution in [-0.2, 0) is 11.2 Å². The van der Waals surface area contributed by atoms with Gasteiger partial charge in [0.1, 0.15) is 6.04 Å². The molecule has 6 nitrogen and oxygen atoms in total. The average molecular weight is 377 g/mol. The minimum Gasteiger partial charge on any atom is -0.337 e. The van der Waals surface area contributed by atoms with Crippen LogP contribution in [0.4, 0.5) is 4.79 Å². The van der Waals surface area contributed by atoms with E-state index in [2.05, 4.69) is 5.32 Å². The van der Waals surface area contributed by atoms with Gasteiger partial charge in [-0.05, 0) is 30.5 Å². The van der Waals surface area contributed by atoms with Crippen LogP contribution in [0.2, 0.25) is 0 Å². The van der Waals surface area contributed by atoms with Crippen LogP contribution in [0, 0.1) is 0 Å². The first-order chi connectivity index (χ1) is 13.6. The third-order valence-corrected chi connectivity index (χ3v) is 5.40. The molecule has 2 unspecified atom stereocenters. The van der Waals surface area contributed by atoms with Gasteiger partial charge in [0.15, 0.2) is 0 Å². The van der Waals surface area contributed by atoms with Crippen LogP contribution in [0.3, 0.4) is 0 Å². The summed E-state index contributed by atoms with van der Waals surface area (Å²) in [5.74, 6) is -0.258. The monoisotopic (exact) mass is 377 g/mol. The van der Waals surface area contributed by atoms with Gasteiger partial charge in [-0.2, -0.15) is 0 Å². The highest BCUT2D eigenvalue weighted by Crippen LogP contribution is 2.22. The van der Waals surface area contributed by atoms with Crippen molar-refractivity contribution in [2.75, 3.05) is 13.1 Å². The fourth-order valence-corrected chi connectivity index (χ4v) is 4.00. The van der Waals surface area contributed by atoms with E-state index in [1.165, 1.54) is 4.90 Å². The van der Waals surface area contributed by atoms with Gasteiger partial charge in [-0.25, -0.2) is 4.79 Å². The van der Waals surface area contributed by atoms with Crippen molar-refractivity contribution in [3.63, 3.8) is 0 Å². The number of piperidine rings is 1. The van der Waals surface area contributed by atoms with Crippen molar-refractivity contribution in [2.24, 2.45) is 0 Å². The molecule has 0 saturated carbocycles. The Balaban J connectivity index is 1.45. The molecule has 2 aromatic rings. The minimum absolute atomic E-state index is 0.0572. The highest BCUT2D eigenvalue weighted by atomic mass is 16.2. The summed E-state index contributed by atoms with van der Waals surface area (Å²) in [7, 11) is 0. The van der Waals surface area contributed by atoms with Gasteiger partial charge in [-0.15, -0.1) is 0 Å². The van der Waals surface area contributed by atoms with Gasteiger partial charge >= 0.3 is 6.03 Å². The first-order valence-corrected chi connectivity index (χ1v) is 9.65. The number of carbonyl (C=O) groups is 3. The first-order valence-electron chi connectivity index (χ1n) is 9.65. The van der Waals surface area contributed by atoms with Gasteiger partial charge in [0.05, 0.1) is 6.04 Å². The molecule has 2 fully saturated rings. The number of hydrogen-bond acceptors (Lipinski definition) is 3. The maximum Gasteiger partial charge on any atom is 0.325 e. The molecule has 2 saturated heterocycles. The highest BCUT2D eigenvalue weighted by molar-refractivity contribution is 6.04. The van der Waals surface area contributed by atoms with Crippen LogP contribution in [0.5, 0.6) is 0 Å². The molecule has 2 atom stereocenters. The number of likely N-dealkylation sites (tertiary alicyclic amines) is 1. The van der Waals surface area contributed by atoms with E-state index >= 15 is 0 Å². The summed E-state index contributed by atoms with van der Waals surface area (Å²) in [6.45, 7) is 1.02. The van der Waals surface area contributed by atoms with Crippen LogP contribution in [0.15, 0.2) is 60.7 Å². The molecule has 2 aromatic carbocycles. The number of imide groups is 1.